The molecule has 20 heavy (non-hydrogen) atoms. The molecular formula is C16H25ClN2O. The number of hydrogen-bond donors (Lipinski definition) is 2. The summed E-state index contributed by atoms with van der Waals surface area (Å²) in [7, 11) is 0. The van der Waals surface area contributed by atoms with Crippen LogP contribution in [0.4, 0.5) is 0 Å². The highest BCUT2D eigenvalue weighted by Crippen LogP contribution is 2.22. The molecule has 0 aliphatic carbocycles. The Morgan fingerprint density at radius 2 is 1.85 bits per heavy atom. The number of carbonyl (C=O) groups excluding carboxylic acids is 1. The van der Waals surface area contributed by atoms with Gasteiger partial charge in [-0.05, 0) is 37.9 Å². The van der Waals surface area contributed by atoms with Crippen LogP contribution >= 0.6 is 12.4 Å². The molecule has 1 aliphatic heterocycles. The number of piperidine rings is 1. The molecule has 0 saturated carbocycles. The zero-order valence-electron chi connectivity index (χ0n) is 12.3. The summed E-state index contributed by atoms with van der Waals surface area (Å²) >= 11 is 0. The molecule has 2 N–H and O–H groups in total. The zero-order chi connectivity index (χ0) is 13.7. The van der Waals surface area contributed by atoms with Crippen molar-refractivity contribution in [3.8, 4) is 0 Å². The highest BCUT2D eigenvalue weighted by molar-refractivity contribution is 5.85. The van der Waals surface area contributed by atoms with Gasteiger partial charge in [-0.1, -0.05) is 44.2 Å². The number of halogens is 1. The first-order valence-corrected chi connectivity index (χ1v) is 7.13. The number of carbonyl (C=O) groups is 1. The van der Waals surface area contributed by atoms with Crippen LogP contribution in [-0.4, -0.2) is 25.0 Å². The van der Waals surface area contributed by atoms with E-state index in [-0.39, 0.29) is 23.7 Å². The van der Waals surface area contributed by atoms with Crippen LogP contribution in [0.5, 0.6) is 0 Å². The minimum atomic E-state index is -0.355. The van der Waals surface area contributed by atoms with E-state index < -0.39 is 0 Å². The van der Waals surface area contributed by atoms with E-state index in [9.17, 15) is 4.79 Å². The van der Waals surface area contributed by atoms with E-state index in [1.54, 1.807) is 0 Å². The molecule has 0 aromatic heterocycles. The number of amides is 1. The van der Waals surface area contributed by atoms with Gasteiger partial charge in [0.05, 0.1) is 0 Å². The monoisotopic (exact) mass is 296 g/mol. The van der Waals surface area contributed by atoms with E-state index >= 15 is 0 Å². The minimum absolute atomic E-state index is 0. The molecule has 1 aromatic carbocycles. The van der Waals surface area contributed by atoms with Gasteiger partial charge in [0.15, 0.2) is 0 Å². The lowest BCUT2D eigenvalue weighted by Crippen LogP contribution is -2.47. The first-order valence-electron chi connectivity index (χ1n) is 7.13. The Bertz CT molecular complexity index is 414. The van der Waals surface area contributed by atoms with Crippen molar-refractivity contribution < 1.29 is 4.79 Å². The molecule has 1 fully saturated rings. The van der Waals surface area contributed by atoms with Gasteiger partial charge in [-0.15, -0.1) is 12.4 Å². The third kappa shape index (κ3) is 4.80. The van der Waals surface area contributed by atoms with Gasteiger partial charge in [-0.3, -0.25) is 4.79 Å². The average molecular weight is 297 g/mol. The quantitative estimate of drug-likeness (QED) is 0.896. The number of rotatable bonds is 4. The van der Waals surface area contributed by atoms with Crippen LogP contribution in [0.25, 0.3) is 0 Å². The lowest BCUT2D eigenvalue weighted by Gasteiger charge is -2.29. The third-order valence-electron chi connectivity index (χ3n) is 3.78. The van der Waals surface area contributed by atoms with E-state index in [0.29, 0.717) is 6.04 Å². The van der Waals surface area contributed by atoms with Gasteiger partial charge in [0.25, 0.3) is 0 Å². The molecule has 0 unspecified atom stereocenters. The first kappa shape index (κ1) is 17.0. The van der Waals surface area contributed by atoms with Crippen molar-refractivity contribution in [3.63, 3.8) is 0 Å². The average Bonchev–Trinajstić information content (AvgIpc) is 2.40. The zero-order valence-corrected chi connectivity index (χ0v) is 13.1. The fourth-order valence-electron chi connectivity index (χ4n) is 2.53. The maximum absolute atomic E-state index is 12.4. The summed E-state index contributed by atoms with van der Waals surface area (Å²) in [4.78, 5) is 12.4. The third-order valence-corrected chi connectivity index (χ3v) is 3.78. The SMILES string of the molecule is CC(C)(Cc1ccccc1)C(=O)NC1CCNCC1.Cl. The molecule has 1 heterocycles. The largest absolute Gasteiger partial charge is 0.353 e. The van der Waals surface area contributed by atoms with Crippen molar-refractivity contribution >= 4 is 18.3 Å². The maximum Gasteiger partial charge on any atom is 0.226 e. The van der Waals surface area contributed by atoms with Crippen LogP contribution in [-0.2, 0) is 11.2 Å². The van der Waals surface area contributed by atoms with E-state index in [1.807, 2.05) is 32.0 Å². The van der Waals surface area contributed by atoms with Gasteiger partial charge in [-0.2, -0.15) is 0 Å². The number of nitrogens with one attached hydrogen (secondary N) is 2. The van der Waals surface area contributed by atoms with E-state index in [4.69, 9.17) is 0 Å². The van der Waals surface area contributed by atoms with Crippen LogP contribution in [0, 0.1) is 5.41 Å². The van der Waals surface area contributed by atoms with Crippen molar-refractivity contribution in [2.45, 2.75) is 39.2 Å². The molecule has 0 bridgehead atoms. The molecule has 112 valence electrons. The van der Waals surface area contributed by atoms with Gasteiger partial charge in [-0.25, -0.2) is 0 Å². The van der Waals surface area contributed by atoms with Gasteiger partial charge in [0, 0.05) is 11.5 Å². The standard InChI is InChI=1S/C16H24N2O.ClH/c1-16(2,12-13-6-4-3-5-7-13)15(19)18-14-8-10-17-11-9-14;/h3-7,14,17H,8-12H2,1-2H3,(H,18,19);1H. The van der Waals surface area contributed by atoms with Gasteiger partial charge >= 0.3 is 0 Å². The predicted octanol–water partition coefficient (Wildman–Crippen LogP) is 2.55. The smallest absolute Gasteiger partial charge is 0.226 e. The molecule has 1 saturated heterocycles. The Hall–Kier alpha value is -1.06. The second-order valence-electron chi connectivity index (χ2n) is 6.04. The number of benzene rings is 1. The summed E-state index contributed by atoms with van der Waals surface area (Å²) in [5.74, 6) is 0.170. The molecular weight excluding hydrogens is 272 g/mol. The Labute approximate surface area is 127 Å². The van der Waals surface area contributed by atoms with Gasteiger partial charge in [0.2, 0.25) is 5.91 Å². The molecule has 1 aromatic rings. The second-order valence-corrected chi connectivity index (χ2v) is 6.04. The Balaban J connectivity index is 0.00000200. The molecule has 0 spiro atoms. The van der Waals surface area contributed by atoms with Crippen molar-refractivity contribution in [3.05, 3.63) is 35.9 Å². The van der Waals surface area contributed by atoms with Crippen molar-refractivity contribution in [1.29, 1.82) is 0 Å². The molecule has 0 atom stereocenters. The molecule has 3 nitrogen and oxygen atoms in total. The summed E-state index contributed by atoms with van der Waals surface area (Å²) in [6.45, 7) is 6.06. The first-order chi connectivity index (χ1) is 9.08. The Morgan fingerprint density at radius 1 is 1.25 bits per heavy atom. The van der Waals surface area contributed by atoms with Crippen molar-refractivity contribution in [1.82, 2.24) is 10.6 Å². The fourth-order valence-corrected chi connectivity index (χ4v) is 2.53. The van der Waals surface area contributed by atoms with Crippen LogP contribution in [0.2, 0.25) is 0 Å². The summed E-state index contributed by atoms with van der Waals surface area (Å²) in [5.41, 5.74) is 0.861. The van der Waals surface area contributed by atoms with Crippen LogP contribution in [0.3, 0.4) is 0 Å². The summed E-state index contributed by atoms with van der Waals surface area (Å²) in [6.07, 6.45) is 2.85. The summed E-state index contributed by atoms with van der Waals surface area (Å²) in [5, 5.41) is 6.52. The normalized spacial score (nSPS) is 16.3. The van der Waals surface area contributed by atoms with Gasteiger partial charge < -0.3 is 10.6 Å². The van der Waals surface area contributed by atoms with E-state index in [0.717, 1.165) is 32.4 Å². The highest BCUT2D eigenvalue weighted by atomic mass is 35.5. The molecule has 2 rings (SSSR count). The summed E-state index contributed by atoms with van der Waals surface area (Å²) in [6, 6.07) is 10.6. The fraction of sp³-hybridized carbons (Fsp3) is 0.562. The van der Waals surface area contributed by atoms with Crippen molar-refractivity contribution in [2.75, 3.05) is 13.1 Å². The highest BCUT2D eigenvalue weighted by Gasteiger charge is 2.29. The van der Waals surface area contributed by atoms with Gasteiger partial charge in [0.1, 0.15) is 0 Å². The maximum atomic E-state index is 12.4. The lowest BCUT2D eigenvalue weighted by atomic mass is 9.84. The Morgan fingerprint density at radius 3 is 2.45 bits per heavy atom. The lowest BCUT2D eigenvalue weighted by molar-refractivity contribution is -0.130. The van der Waals surface area contributed by atoms with E-state index in [1.165, 1.54) is 5.56 Å². The molecule has 0 radical (unpaired) electrons. The van der Waals surface area contributed by atoms with E-state index in [2.05, 4.69) is 22.8 Å². The number of hydrogen-bond acceptors (Lipinski definition) is 2. The molecule has 1 aliphatic rings. The topological polar surface area (TPSA) is 41.1 Å². The van der Waals surface area contributed by atoms with Crippen LogP contribution < -0.4 is 10.6 Å². The molecule has 4 heteroatoms. The second kappa shape index (κ2) is 7.65. The van der Waals surface area contributed by atoms with Crippen molar-refractivity contribution in [2.24, 2.45) is 5.41 Å². The summed E-state index contributed by atoms with van der Waals surface area (Å²) < 4.78 is 0. The predicted molar refractivity (Wildman–Crippen MR) is 85.2 cm³/mol. The van der Waals surface area contributed by atoms with Crippen LogP contribution in [0.15, 0.2) is 30.3 Å². The Kier molecular flexibility index (Phi) is 6.50. The van der Waals surface area contributed by atoms with Crippen LogP contribution in [0.1, 0.15) is 32.3 Å². The minimum Gasteiger partial charge on any atom is -0.353 e. The molecule has 1 amide bonds.